The van der Waals surface area contributed by atoms with E-state index in [4.69, 9.17) is 13.1 Å². The first kappa shape index (κ1) is 20.0. The third-order valence-electron chi connectivity index (χ3n) is 3.17. The van der Waals surface area contributed by atoms with Gasteiger partial charge >= 0.3 is 0 Å². The molecule has 10 heteroatoms. The molecule has 2 aromatic rings. The summed E-state index contributed by atoms with van der Waals surface area (Å²) < 4.78 is 42.3. The van der Waals surface area contributed by atoms with E-state index in [-0.39, 0.29) is 22.9 Å². The van der Waals surface area contributed by atoms with Crippen LogP contribution in [0.1, 0.15) is 13.8 Å². The fourth-order valence-electron chi connectivity index (χ4n) is 1.99. The van der Waals surface area contributed by atoms with Crippen LogP contribution in [0.15, 0.2) is 33.9 Å². The van der Waals surface area contributed by atoms with Crippen LogP contribution in [0.4, 0.5) is 8.78 Å². The number of hydrogen-bond donors (Lipinski definition) is 1. The van der Waals surface area contributed by atoms with Gasteiger partial charge in [0, 0.05) is 20.0 Å². The molecule has 0 saturated carbocycles. The zero-order valence-corrected chi connectivity index (χ0v) is 15.2. The van der Waals surface area contributed by atoms with Gasteiger partial charge in [-0.25, -0.2) is 8.78 Å². The normalized spacial score (nSPS) is 11.4. The molecule has 2 heterocycles. The van der Waals surface area contributed by atoms with Crippen LogP contribution >= 0.6 is 12.3 Å². The largest absolute Gasteiger partial charge is 0.472 e. The molecule has 0 aliphatic rings. The van der Waals surface area contributed by atoms with E-state index in [1.165, 1.54) is 31.3 Å². The third kappa shape index (κ3) is 5.09. The highest BCUT2D eigenvalue weighted by atomic mass is 32.2. The molecule has 2 rings (SSSR count). The van der Waals surface area contributed by atoms with Crippen molar-refractivity contribution in [2.24, 2.45) is 7.05 Å². The van der Waals surface area contributed by atoms with Crippen LogP contribution < -0.4 is 20.0 Å². The van der Waals surface area contributed by atoms with Crippen molar-refractivity contribution in [3.63, 3.8) is 0 Å². The fourth-order valence-corrected chi connectivity index (χ4v) is 2.35. The summed E-state index contributed by atoms with van der Waals surface area (Å²) in [6, 6.07) is 5.39. The second-order valence-corrected chi connectivity index (χ2v) is 5.97. The highest BCUT2D eigenvalue weighted by Crippen LogP contribution is 2.28. The van der Waals surface area contributed by atoms with E-state index < -0.39 is 23.6 Å². The van der Waals surface area contributed by atoms with E-state index in [2.05, 4.69) is 4.98 Å². The molecule has 26 heavy (non-hydrogen) atoms. The fraction of sp³-hybridized carbons (Fsp3) is 0.375. The molecule has 1 N–H and O–H groups in total. The number of nitrogens with one attached hydrogen (secondary N) is 1. The van der Waals surface area contributed by atoms with Gasteiger partial charge in [0.15, 0.2) is 18.2 Å². The lowest BCUT2D eigenvalue weighted by atomic mass is 10.1. The maximum absolute atomic E-state index is 12.9. The number of pyridine rings is 2. The summed E-state index contributed by atoms with van der Waals surface area (Å²) in [6.07, 6.45) is 0. The Kier molecular flexibility index (Phi) is 6.43. The molecule has 0 saturated heterocycles. The molecule has 0 atom stereocenters. The monoisotopic (exact) mass is 388 g/mol. The van der Waals surface area contributed by atoms with E-state index in [9.17, 15) is 18.4 Å². The van der Waals surface area contributed by atoms with Gasteiger partial charge in [-0.1, -0.05) is 0 Å². The molecule has 0 unspecified atom stereocenters. The predicted octanol–water partition coefficient (Wildman–Crippen LogP) is 2.75. The van der Waals surface area contributed by atoms with Crippen molar-refractivity contribution in [1.29, 1.82) is 0 Å². The molecular weight excluding hydrogens is 370 g/mol. The Bertz CT molecular complexity index is 876. The van der Waals surface area contributed by atoms with Crippen molar-refractivity contribution in [1.82, 2.24) is 9.55 Å². The second kappa shape index (κ2) is 8.37. The van der Waals surface area contributed by atoms with Gasteiger partial charge in [0.2, 0.25) is 17.9 Å². The van der Waals surface area contributed by atoms with Gasteiger partial charge < -0.3 is 13.9 Å². The number of nitrogens with zero attached hydrogens (tertiary/aromatic N) is 1. The van der Waals surface area contributed by atoms with Crippen LogP contribution in [-0.2, 0) is 11.2 Å². The minimum absolute atomic E-state index is 0.0234. The van der Waals surface area contributed by atoms with Gasteiger partial charge in [0.25, 0.3) is 11.5 Å². The molecule has 0 aliphatic carbocycles. The van der Waals surface area contributed by atoms with Crippen molar-refractivity contribution < 1.29 is 21.9 Å². The minimum Gasteiger partial charge on any atom is -0.472 e. The van der Waals surface area contributed by atoms with Crippen LogP contribution in [0.2, 0.25) is 0 Å². The Morgan fingerprint density at radius 1 is 1.23 bits per heavy atom. The van der Waals surface area contributed by atoms with Crippen LogP contribution in [0.25, 0.3) is 11.3 Å². The lowest BCUT2D eigenvalue weighted by molar-refractivity contribution is -0.0252. The van der Waals surface area contributed by atoms with Gasteiger partial charge in [-0.2, -0.15) is 0 Å². The highest BCUT2D eigenvalue weighted by molar-refractivity contribution is 7.90. The molecule has 0 aromatic carbocycles. The van der Waals surface area contributed by atoms with E-state index in [1.54, 1.807) is 6.92 Å². The lowest BCUT2D eigenvalue weighted by Gasteiger charge is -2.15. The van der Waals surface area contributed by atoms with Gasteiger partial charge in [-0.05, 0) is 25.1 Å². The van der Waals surface area contributed by atoms with E-state index in [0.717, 1.165) is 4.57 Å². The topological polar surface area (TPSA) is 82.5 Å². The van der Waals surface area contributed by atoms with Crippen molar-refractivity contribution in [3.8, 4) is 22.9 Å². The third-order valence-corrected chi connectivity index (χ3v) is 3.75. The maximum Gasteiger partial charge on any atom is 0.278 e. The molecule has 0 amide bonds. The Labute approximate surface area is 152 Å². The van der Waals surface area contributed by atoms with Gasteiger partial charge in [-0.15, -0.1) is 0 Å². The predicted molar refractivity (Wildman–Crippen MR) is 93.7 cm³/mol. The van der Waals surface area contributed by atoms with Crippen LogP contribution in [0.5, 0.6) is 11.6 Å². The summed E-state index contributed by atoms with van der Waals surface area (Å²) in [6.45, 7) is 2.03. The zero-order chi connectivity index (χ0) is 19.3. The number of alkyl halides is 2. The summed E-state index contributed by atoms with van der Waals surface area (Å²) >= 11 is 0.706. The standard InChI is InChI=1S/C16H18F2N2O5S/c1-4-24-26-25-11-6-7-12(21)19-14(11)10-5-8-13(20(3)15(10)22)23-9-16(2,17)18/h5-8H,4,9H2,1-3H3,(H,19,21). The number of halogens is 2. The van der Waals surface area contributed by atoms with Crippen LogP contribution in [0, 0.1) is 0 Å². The Balaban J connectivity index is 2.40. The Morgan fingerprint density at radius 3 is 2.62 bits per heavy atom. The zero-order valence-electron chi connectivity index (χ0n) is 14.4. The van der Waals surface area contributed by atoms with Crippen LogP contribution in [0.3, 0.4) is 0 Å². The summed E-state index contributed by atoms with van der Waals surface area (Å²) in [4.78, 5) is 26.8. The first-order chi connectivity index (χ1) is 12.2. The molecule has 7 nitrogen and oxygen atoms in total. The average molecular weight is 388 g/mol. The number of aromatic nitrogens is 2. The summed E-state index contributed by atoms with van der Waals surface area (Å²) in [5.41, 5.74) is -0.706. The summed E-state index contributed by atoms with van der Waals surface area (Å²) in [5.74, 6) is -2.84. The van der Waals surface area contributed by atoms with Crippen LogP contribution in [-0.4, -0.2) is 28.7 Å². The number of hydrogen-bond acceptors (Lipinski definition) is 6. The minimum atomic E-state index is -3.03. The SMILES string of the molecule is CCOSOc1ccc(=O)[nH]c1-c1ccc(OCC(C)(F)F)n(C)c1=O. The number of rotatable bonds is 8. The molecular formula is C16H18F2N2O5S. The molecule has 2 aromatic heterocycles. The first-order valence-electron chi connectivity index (χ1n) is 7.63. The van der Waals surface area contributed by atoms with E-state index in [0.29, 0.717) is 25.9 Å². The maximum atomic E-state index is 12.9. The van der Waals surface area contributed by atoms with Crippen molar-refractivity contribution in [2.75, 3.05) is 13.2 Å². The van der Waals surface area contributed by atoms with Crippen molar-refractivity contribution >= 4 is 12.3 Å². The molecule has 0 fully saturated rings. The molecule has 0 aliphatic heterocycles. The number of aromatic amines is 1. The Morgan fingerprint density at radius 2 is 1.96 bits per heavy atom. The van der Waals surface area contributed by atoms with Crippen molar-refractivity contribution in [2.45, 2.75) is 19.8 Å². The van der Waals surface area contributed by atoms with Gasteiger partial charge in [0.1, 0.15) is 0 Å². The summed E-state index contributed by atoms with van der Waals surface area (Å²) in [7, 11) is 1.38. The van der Waals surface area contributed by atoms with Crippen molar-refractivity contribution in [3.05, 3.63) is 45.0 Å². The smallest absolute Gasteiger partial charge is 0.278 e. The number of H-pyrrole nitrogens is 1. The molecule has 0 spiro atoms. The lowest BCUT2D eigenvalue weighted by Crippen LogP contribution is -2.26. The molecule has 142 valence electrons. The summed E-state index contributed by atoms with van der Waals surface area (Å²) in [5, 5.41) is 0. The number of ether oxygens (including phenoxy) is 1. The highest BCUT2D eigenvalue weighted by Gasteiger charge is 2.23. The average Bonchev–Trinajstić information content (AvgIpc) is 2.57. The quantitative estimate of drug-likeness (QED) is 0.553. The van der Waals surface area contributed by atoms with E-state index >= 15 is 0 Å². The second-order valence-electron chi connectivity index (χ2n) is 5.43. The van der Waals surface area contributed by atoms with Gasteiger partial charge in [-0.3, -0.25) is 18.3 Å². The molecule has 0 radical (unpaired) electrons. The van der Waals surface area contributed by atoms with Gasteiger partial charge in [0.05, 0.1) is 17.9 Å². The molecule has 0 bridgehead atoms. The Hall–Kier alpha value is -2.33. The first-order valence-corrected chi connectivity index (χ1v) is 8.30. The van der Waals surface area contributed by atoms with E-state index in [1.807, 2.05) is 0 Å².